The maximum absolute atomic E-state index is 2.38. The summed E-state index contributed by atoms with van der Waals surface area (Å²) in [6.45, 7) is 6.84. The molecule has 0 aliphatic carbocycles. The largest absolute Gasteiger partial charge is 0.0651 e. The standard InChI is InChI=1S/C23H32/c1-4-19(2)10-8-9-13-23(22-11-6-5-7-12-22)18-21-16-14-20(3)15-17-21/h5-7,11-12,14-17,19,23H,4,8-10,13,18H2,1-3H3. The maximum Gasteiger partial charge on any atom is -0.0121 e. The fraction of sp³-hybridized carbons (Fsp3) is 0.478. The minimum atomic E-state index is 0.649. The topological polar surface area (TPSA) is 0 Å². The molecule has 124 valence electrons. The van der Waals surface area contributed by atoms with E-state index in [2.05, 4.69) is 75.4 Å². The van der Waals surface area contributed by atoms with Gasteiger partial charge in [-0.2, -0.15) is 0 Å². The van der Waals surface area contributed by atoms with Gasteiger partial charge in [0.05, 0.1) is 0 Å². The highest BCUT2D eigenvalue weighted by Gasteiger charge is 2.12. The summed E-state index contributed by atoms with van der Waals surface area (Å²) in [5.74, 6) is 1.53. The molecule has 0 nitrogen and oxygen atoms in total. The second-order valence-corrected chi connectivity index (χ2v) is 7.10. The molecule has 2 aromatic rings. The molecule has 2 atom stereocenters. The minimum Gasteiger partial charge on any atom is -0.0651 e. The van der Waals surface area contributed by atoms with Crippen molar-refractivity contribution < 1.29 is 0 Å². The quantitative estimate of drug-likeness (QED) is 0.441. The Labute approximate surface area is 143 Å². The highest BCUT2D eigenvalue weighted by atomic mass is 14.2. The Morgan fingerprint density at radius 2 is 1.48 bits per heavy atom. The third-order valence-corrected chi connectivity index (χ3v) is 5.07. The fourth-order valence-electron chi connectivity index (χ4n) is 3.21. The SMILES string of the molecule is CCC(C)CCCCC(Cc1ccc(C)cc1)c1ccccc1. The summed E-state index contributed by atoms with van der Waals surface area (Å²) in [7, 11) is 0. The zero-order valence-corrected chi connectivity index (χ0v) is 15.1. The summed E-state index contributed by atoms with van der Waals surface area (Å²) >= 11 is 0. The highest BCUT2D eigenvalue weighted by molar-refractivity contribution is 5.26. The lowest BCUT2D eigenvalue weighted by molar-refractivity contribution is 0.463. The predicted molar refractivity (Wildman–Crippen MR) is 102 cm³/mol. The third-order valence-electron chi connectivity index (χ3n) is 5.07. The van der Waals surface area contributed by atoms with Crippen LogP contribution in [-0.4, -0.2) is 0 Å². The Bertz CT molecular complexity index is 538. The minimum absolute atomic E-state index is 0.649. The molecule has 2 unspecified atom stereocenters. The first-order valence-electron chi connectivity index (χ1n) is 9.29. The molecule has 0 aromatic heterocycles. The second-order valence-electron chi connectivity index (χ2n) is 7.10. The molecule has 0 aliphatic heterocycles. The molecule has 0 heterocycles. The first-order chi connectivity index (χ1) is 11.2. The molecule has 0 saturated carbocycles. The van der Waals surface area contributed by atoms with Crippen LogP contribution in [-0.2, 0) is 6.42 Å². The molecule has 0 heteroatoms. The van der Waals surface area contributed by atoms with Crippen molar-refractivity contribution in [1.29, 1.82) is 0 Å². The predicted octanol–water partition coefficient (Wildman–Crippen LogP) is 6.93. The van der Waals surface area contributed by atoms with Crippen LogP contribution in [0.1, 0.15) is 68.6 Å². The van der Waals surface area contributed by atoms with Gasteiger partial charge in [-0.25, -0.2) is 0 Å². The van der Waals surface area contributed by atoms with Crippen LogP contribution in [0.4, 0.5) is 0 Å². The van der Waals surface area contributed by atoms with Gasteiger partial charge in [0.15, 0.2) is 0 Å². The molecule has 0 radical (unpaired) electrons. The van der Waals surface area contributed by atoms with Gasteiger partial charge in [-0.1, -0.05) is 99.7 Å². The van der Waals surface area contributed by atoms with Crippen LogP contribution in [0.5, 0.6) is 0 Å². The van der Waals surface area contributed by atoms with E-state index in [1.165, 1.54) is 48.8 Å². The van der Waals surface area contributed by atoms with E-state index in [-0.39, 0.29) is 0 Å². The normalized spacial score (nSPS) is 13.7. The van der Waals surface area contributed by atoms with E-state index in [9.17, 15) is 0 Å². The summed E-state index contributed by atoms with van der Waals surface area (Å²) in [5, 5.41) is 0. The number of rotatable bonds is 9. The van der Waals surface area contributed by atoms with E-state index in [1.807, 2.05) is 0 Å². The molecule has 2 rings (SSSR count). The van der Waals surface area contributed by atoms with Crippen LogP contribution in [0.15, 0.2) is 54.6 Å². The molecular formula is C23H32. The maximum atomic E-state index is 2.38. The number of hydrogen-bond acceptors (Lipinski definition) is 0. The van der Waals surface area contributed by atoms with E-state index in [0.29, 0.717) is 5.92 Å². The van der Waals surface area contributed by atoms with Gasteiger partial charge in [-0.05, 0) is 42.7 Å². The molecule has 0 N–H and O–H groups in total. The lowest BCUT2D eigenvalue weighted by atomic mass is 9.87. The van der Waals surface area contributed by atoms with Crippen molar-refractivity contribution in [2.45, 2.75) is 65.2 Å². The molecule has 0 saturated heterocycles. The van der Waals surface area contributed by atoms with Crippen molar-refractivity contribution in [3.8, 4) is 0 Å². The van der Waals surface area contributed by atoms with E-state index in [4.69, 9.17) is 0 Å². The number of unbranched alkanes of at least 4 members (excludes halogenated alkanes) is 1. The van der Waals surface area contributed by atoms with E-state index in [0.717, 1.165) is 12.3 Å². The van der Waals surface area contributed by atoms with Gasteiger partial charge in [0.1, 0.15) is 0 Å². The third kappa shape index (κ3) is 6.22. The highest BCUT2D eigenvalue weighted by Crippen LogP contribution is 2.27. The first-order valence-corrected chi connectivity index (χ1v) is 9.29. The summed E-state index contributed by atoms with van der Waals surface area (Å²) in [4.78, 5) is 0. The van der Waals surface area contributed by atoms with Crippen molar-refractivity contribution in [2.75, 3.05) is 0 Å². The average molecular weight is 309 g/mol. The van der Waals surface area contributed by atoms with Gasteiger partial charge in [-0.3, -0.25) is 0 Å². The summed E-state index contributed by atoms with van der Waals surface area (Å²) in [5.41, 5.74) is 4.31. The van der Waals surface area contributed by atoms with Gasteiger partial charge in [0.25, 0.3) is 0 Å². The van der Waals surface area contributed by atoms with Crippen molar-refractivity contribution >= 4 is 0 Å². The van der Waals surface area contributed by atoms with Crippen molar-refractivity contribution in [1.82, 2.24) is 0 Å². The molecular weight excluding hydrogens is 276 g/mol. The molecule has 0 amide bonds. The molecule has 0 bridgehead atoms. The Kier molecular flexibility index (Phi) is 7.39. The van der Waals surface area contributed by atoms with E-state index in [1.54, 1.807) is 0 Å². The van der Waals surface area contributed by atoms with Crippen LogP contribution in [0, 0.1) is 12.8 Å². The average Bonchev–Trinajstić information content (AvgIpc) is 2.59. The van der Waals surface area contributed by atoms with Crippen molar-refractivity contribution in [2.24, 2.45) is 5.92 Å². The first kappa shape index (κ1) is 17.8. The Balaban J connectivity index is 1.96. The van der Waals surface area contributed by atoms with Gasteiger partial charge in [0.2, 0.25) is 0 Å². The lowest BCUT2D eigenvalue weighted by Crippen LogP contribution is -2.04. The van der Waals surface area contributed by atoms with E-state index >= 15 is 0 Å². The van der Waals surface area contributed by atoms with Gasteiger partial charge in [-0.15, -0.1) is 0 Å². The second kappa shape index (κ2) is 9.55. The molecule has 2 aromatic carbocycles. The lowest BCUT2D eigenvalue weighted by Gasteiger charge is -2.18. The Morgan fingerprint density at radius 1 is 0.826 bits per heavy atom. The monoisotopic (exact) mass is 308 g/mol. The zero-order valence-electron chi connectivity index (χ0n) is 15.1. The number of benzene rings is 2. The smallest absolute Gasteiger partial charge is 0.0121 e. The van der Waals surface area contributed by atoms with Crippen LogP contribution in [0.3, 0.4) is 0 Å². The molecule has 0 spiro atoms. The molecule has 0 fully saturated rings. The summed E-state index contributed by atoms with van der Waals surface area (Å²) in [6.07, 6.45) is 7.86. The van der Waals surface area contributed by atoms with Gasteiger partial charge in [0, 0.05) is 0 Å². The Hall–Kier alpha value is -1.56. The van der Waals surface area contributed by atoms with Gasteiger partial charge < -0.3 is 0 Å². The zero-order chi connectivity index (χ0) is 16.5. The fourth-order valence-corrected chi connectivity index (χ4v) is 3.21. The summed E-state index contributed by atoms with van der Waals surface area (Å²) < 4.78 is 0. The Morgan fingerprint density at radius 3 is 2.13 bits per heavy atom. The van der Waals surface area contributed by atoms with E-state index < -0.39 is 0 Å². The number of hydrogen-bond donors (Lipinski definition) is 0. The van der Waals surface area contributed by atoms with Crippen LogP contribution < -0.4 is 0 Å². The molecule has 0 aliphatic rings. The van der Waals surface area contributed by atoms with Crippen molar-refractivity contribution in [3.63, 3.8) is 0 Å². The van der Waals surface area contributed by atoms with Crippen LogP contribution in [0.2, 0.25) is 0 Å². The van der Waals surface area contributed by atoms with Crippen LogP contribution in [0.25, 0.3) is 0 Å². The van der Waals surface area contributed by atoms with Gasteiger partial charge >= 0.3 is 0 Å². The molecule has 23 heavy (non-hydrogen) atoms. The summed E-state index contributed by atoms with van der Waals surface area (Å²) in [6, 6.07) is 20.1. The van der Waals surface area contributed by atoms with Crippen LogP contribution >= 0.6 is 0 Å². The number of aryl methyl sites for hydroxylation is 1. The van der Waals surface area contributed by atoms with Crippen molar-refractivity contribution in [3.05, 3.63) is 71.3 Å².